The van der Waals surface area contributed by atoms with Gasteiger partial charge in [0.15, 0.2) is 0 Å². The van der Waals surface area contributed by atoms with Gasteiger partial charge in [-0.1, -0.05) is 48.0 Å². The third-order valence-corrected chi connectivity index (χ3v) is 6.35. The van der Waals surface area contributed by atoms with Gasteiger partial charge in [-0.05, 0) is 49.7 Å². The average molecular weight is 480 g/mol. The van der Waals surface area contributed by atoms with E-state index in [-0.39, 0.29) is 23.4 Å². The minimum atomic E-state index is -0.644. The van der Waals surface area contributed by atoms with Gasteiger partial charge < -0.3 is 5.32 Å². The number of nitrogens with one attached hydrogen (secondary N) is 1. The van der Waals surface area contributed by atoms with E-state index in [4.69, 9.17) is 0 Å². The summed E-state index contributed by atoms with van der Waals surface area (Å²) >= 11 is 0. The maximum absolute atomic E-state index is 13.5. The standard InChI is InChI=1S/C28H25N5O3/c1-18-11-13-20(14-12-18)17-32-25-21(8-7-15-29-25)16-23(27(32)35)26(34)30-24-19(2)31(3)33(28(24)36)22-9-5-4-6-10-22/h4-16H,17H2,1-3H3,(H,30,34). The number of amides is 1. The number of benzene rings is 2. The van der Waals surface area contributed by atoms with Gasteiger partial charge in [-0.15, -0.1) is 0 Å². The van der Waals surface area contributed by atoms with Crippen LogP contribution in [0.25, 0.3) is 16.7 Å². The molecule has 0 aliphatic rings. The summed E-state index contributed by atoms with van der Waals surface area (Å²) in [5.74, 6) is -0.644. The molecule has 0 atom stereocenters. The van der Waals surface area contributed by atoms with Crippen LogP contribution in [0.5, 0.6) is 0 Å². The van der Waals surface area contributed by atoms with E-state index in [0.29, 0.717) is 22.4 Å². The molecule has 3 heterocycles. The Balaban J connectivity index is 1.58. The van der Waals surface area contributed by atoms with Crippen LogP contribution in [0.15, 0.2) is 88.6 Å². The van der Waals surface area contributed by atoms with Gasteiger partial charge in [0.05, 0.1) is 17.9 Å². The fourth-order valence-electron chi connectivity index (χ4n) is 4.28. The number of carbonyl (C=O) groups is 1. The summed E-state index contributed by atoms with van der Waals surface area (Å²) in [6, 6.07) is 22.1. The second-order valence-electron chi connectivity index (χ2n) is 8.74. The van der Waals surface area contributed by atoms with Gasteiger partial charge in [-0.3, -0.25) is 23.6 Å². The number of carbonyl (C=O) groups excluding carboxylic acids is 1. The van der Waals surface area contributed by atoms with Gasteiger partial charge in [0.1, 0.15) is 16.9 Å². The number of fused-ring (bicyclic) bond motifs is 1. The molecule has 5 rings (SSSR count). The molecule has 180 valence electrons. The fraction of sp³-hybridized carbons (Fsp3) is 0.143. The van der Waals surface area contributed by atoms with E-state index in [1.54, 1.807) is 37.0 Å². The van der Waals surface area contributed by atoms with Crippen molar-refractivity contribution in [3.63, 3.8) is 0 Å². The number of rotatable bonds is 5. The van der Waals surface area contributed by atoms with Crippen LogP contribution in [0.3, 0.4) is 0 Å². The first-order valence-corrected chi connectivity index (χ1v) is 11.5. The van der Waals surface area contributed by atoms with Gasteiger partial charge in [0.25, 0.3) is 17.0 Å². The lowest BCUT2D eigenvalue weighted by Crippen LogP contribution is -2.31. The van der Waals surface area contributed by atoms with E-state index in [2.05, 4.69) is 10.3 Å². The molecule has 0 fully saturated rings. The molecule has 36 heavy (non-hydrogen) atoms. The lowest BCUT2D eigenvalue weighted by Gasteiger charge is -2.12. The van der Waals surface area contributed by atoms with Crippen LogP contribution in [0.4, 0.5) is 5.69 Å². The predicted octanol–water partition coefficient (Wildman–Crippen LogP) is 3.80. The Morgan fingerprint density at radius 1 is 0.917 bits per heavy atom. The molecule has 0 bridgehead atoms. The van der Waals surface area contributed by atoms with Gasteiger partial charge in [0, 0.05) is 18.6 Å². The smallest absolute Gasteiger partial charge is 0.295 e. The van der Waals surface area contributed by atoms with Crippen LogP contribution in [-0.2, 0) is 13.6 Å². The number of aryl methyl sites for hydroxylation is 1. The molecule has 0 aliphatic carbocycles. The Morgan fingerprint density at radius 2 is 1.64 bits per heavy atom. The van der Waals surface area contributed by atoms with Crippen molar-refractivity contribution in [3.05, 3.63) is 122 Å². The number of nitrogens with zero attached hydrogens (tertiary/aromatic N) is 4. The van der Waals surface area contributed by atoms with Gasteiger partial charge in [-0.25, -0.2) is 9.67 Å². The fourth-order valence-corrected chi connectivity index (χ4v) is 4.28. The first kappa shape index (κ1) is 23.0. The highest BCUT2D eigenvalue weighted by molar-refractivity contribution is 6.05. The third kappa shape index (κ3) is 4.02. The molecule has 8 nitrogen and oxygen atoms in total. The highest BCUT2D eigenvalue weighted by Gasteiger charge is 2.22. The highest BCUT2D eigenvalue weighted by Crippen LogP contribution is 2.17. The summed E-state index contributed by atoms with van der Waals surface area (Å²) in [5.41, 5.74) is 2.97. The highest BCUT2D eigenvalue weighted by atomic mass is 16.2. The molecule has 0 saturated heterocycles. The van der Waals surface area contributed by atoms with Crippen molar-refractivity contribution in [1.29, 1.82) is 0 Å². The second kappa shape index (κ2) is 9.14. The van der Waals surface area contributed by atoms with Crippen molar-refractivity contribution in [3.8, 4) is 5.69 Å². The Bertz CT molecular complexity index is 1710. The Kier molecular flexibility index (Phi) is 5.85. The summed E-state index contributed by atoms with van der Waals surface area (Å²) in [7, 11) is 1.75. The zero-order valence-electron chi connectivity index (χ0n) is 20.2. The van der Waals surface area contributed by atoms with Crippen molar-refractivity contribution in [2.24, 2.45) is 7.05 Å². The van der Waals surface area contributed by atoms with Crippen LogP contribution in [0.2, 0.25) is 0 Å². The molecule has 8 heteroatoms. The topological polar surface area (TPSA) is 90.9 Å². The van der Waals surface area contributed by atoms with Gasteiger partial charge >= 0.3 is 0 Å². The Morgan fingerprint density at radius 3 is 2.36 bits per heavy atom. The van der Waals surface area contributed by atoms with Crippen molar-refractivity contribution >= 4 is 22.6 Å². The number of pyridine rings is 2. The third-order valence-electron chi connectivity index (χ3n) is 6.35. The zero-order chi connectivity index (χ0) is 25.4. The van der Waals surface area contributed by atoms with Crippen molar-refractivity contribution in [2.75, 3.05) is 5.32 Å². The molecule has 1 N–H and O–H groups in total. The molecule has 2 aromatic carbocycles. The van der Waals surface area contributed by atoms with Crippen LogP contribution >= 0.6 is 0 Å². The maximum Gasteiger partial charge on any atom is 0.295 e. The van der Waals surface area contributed by atoms with Crippen LogP contribution in [0, 0.1) is 13.8 Å². The second-order valence-corrected chi connectivity index (χ2v) is 8.74. The number of anilines is 1. The maximum atomic E-state index is 13.5. The summed E-state index contributed by atoms with van der Waals surface area (Å²) in [6.45, 7) is 4.00. The van der Waals surface area contributed by atoms with Crippen molar-refractivity contribution in [2.45, 2.75) is 20.4 Å². The molecule has 3 aromatic heterocycles. The van der Waals surface area contributed by atoms with Crippen molar-refractivity contribution < 1.29 is 4.79 Å². The van der Waals surface area contributed by atoms with Gasteiger partial charge in [0.2, 0.25) is 0 Å². The lowest BCUT2D eigenvalue weighted by atomic mass is 10.1. The van der Waals surface area contributed by atoms with Gasteiger partial charge in [-0.2, -0.15) is 0 Å². The molecular formula is C28H25N5O3. The predicted molar refractivity (Wildman–Crippen MR) is 140 cm³/mol. The first-order valence-electron chi connectivity index (χ1n) is 11.5. The molecule has 1 amide bonds. The molecule has 0 saturated carbocycles. The largest absolute Gasteiger partial charge is 0.316 e. The van der Waals surface area contributed by atoms with E-state index in [9.17, 15) is 14.4 Å². The van der Waals surface area contributed by atoms with E-state index in [1.165, 1.54) is 15.3 Å². The summed E-state index contributed by atoms with van der Waals surface area (Å²) in [6.07, 6.45) is 1.62. The Labute approximate surface area is 207 Å². The SMILES string of the molecule is Cc1ccc(Cn2c(=O)c(C(=O)Nc3c(C)n(C)n(-c4ccccc4)c3=O)cc3cccnc32)cc1. The molecule has 5 aromatic rings. The van der Waals surface area contributed by atoms with Crippen LogP contribution in [-0.4, -0.2) is 24.8 Å². The monoisotopic (exact) mass is 479 g/mol. The molecular weight excluding hydrogens is 454 g/mol. The molecule has 0 spiro atoms. The summed E-state index contributed by atoms with van der Waals surface area (Å²) < 4.78 is 4.65. The quantitative estimate of drug-likeness (QED) is 0.415. The zero-order valence-corrected chi connectivity index (χ0v) is 20.2. The molecule has 0 aliphatic heterocycles. The van der Waals surface area contributed by atoms with E-state index in [1.807, 2.05) is 61.5 Å². The number of para-hydroxylation sites is 1. The average Bonchev–Trinajstić information content (AvgIpc) is 3.10. The van der Waals surface area contributed by atoms with E-state index in [0.717, 1.165) is 11.1 Å². The van der Waals surface area contributed by atoms with Crippen molar-refractivity contribution in [1.82, 2.24) is 18.9 Å². The number of aromatic nitrogens is 4. The minimum Gasteiger partial charge on any atom is -0.316 e. The van der Waals surface area contributed by atoms with E-state index < -0.39 is 11.5 Å². The van der Waals surface area contributed by atoms with Crippen LogP contribution in [0.1, 0.15) is 27.2 Å². The Hall–Kier alpha value is -4.72. The normalized spacial score (nSPS) is 11.1. The number of hydrogen-bond acceptors (Lipinski definition) is 4. The molecule has 0 unspecified atom stereocenters. The molecule has 0 radical (unpaired) electrons. The minimum absolute atomic E-state index is 0.0588. The number of hydrogen-bond donors (Lipinski definition) is 1. The summed E-state index contributed by atoms with van der Waals surface area (Å²) in [5, 5.41) is 3.36. The first-order chi connectivity index (χ1) is 17.3. The van der Waals surface area contributed by atoms with E-state index >= 15 is 0 Å². The lowest BCUT2D eigenvalue weighted by molar-refractivity contribution is 0.102. The summed E-state index contributed by atoms with van der Waals surface area (Å²) in [4.78, 5) is 44.5. The van der Waals surface area contributed by atoms with Crippen LogP contribution < -0.4 is 16.4 Å².